The van der Waals surface area contributed by atoms with Gasteiger partial charge in [0.1, 0.15) is 0 Å². The topological polar surface area (TPSA) is 56.1 Å². The molecule has 1 amide bonds. The molecule has 3 unspecified atom stereocenters. The quantitative estimate of drug-likeness (QED) is 0.711. The fraction of sp³-hybridized carbons (Fsp3) is 0.467. The number of carbonyl (C=O) groups is 1. The second kappa shape index (κ2) is 4.07. The van der Waals surface area contributed by atoms with Crippen LogP contribution in [0.25, 0.3) is 0 Å². The van der Waals surface area contributed by atoms with Crippen molar-refractivity contribution in [2.24, 2.45) is 11.3 Å². The molecule has 1 aliphatic carbocycles. The van der Waals surface area contributed by atoms with Crippen molar-refractivity contribution in [1.29, 1.82) is 5.26 Å². The van der Waals surface area contributed by atoms with Crippen molar-refractivity contribution in [1.82, 2.24) is 10.2 Å². The van der Waals surface area contributed by atoms with Crippen molar-refractivity contribution >= 4 is 5.91 Å². The van der Waals surface area contributed by atoms with Gasteiger partial charge in [-0.2, -0.15) is 5.26 Å². The van der Waals surface area contributed by atoms with Gasteiger partial charge >= 0.3 is 0 Å². The van der Waals surface area contributed by atoms with Crippen LogP contribution in [0.4, 0.5) is 0 Å². The molecule has 1 spiro atoms. The standard InChI is InChI=1S/C15H17N3O/c1-10-3-5-12-13(6-4-10)17-14(19)15(12)7-11(8-16)18(2)9-15/h3-6,10-11H,7,9H2,1-2H3,(H,17,19). The first-order valence-corrected chi connectivity index (χ1v) is 6.59. The van der Waals surface area contributed by atoms with Gasteiger partial charge in [-0.15, -0.1) is 0 Å². The van der Waals surface area contributed by atoms with E-state index < -0.39 is 5.41 Å². The summed E-state index contributed by atoms with van der Waals surface area (Å²) in [4.78, 5) is 14.4. The van der Waals surface area contributed by atoms with E-state index in [1.165, 1.54) is 0 Å². The van der Waals surface area contributed by atoms with Crippen LogP contribution >= 0.6 is 0 Å². The first-order valence-electron chi connectivity index (χ1n) is 6.59. The van der Waals surface area contributed by atoms with Gasteiger partial charge in [0.15, 0.2) is 0 Å². The first-order chi connectivity index (χ1) is 9.06. The SMILES string of the molecule is CC1C=CC2=C(C=C1)C1(CC(C#N)N(C)C1)C(=O)N2. The molecule has 1 fully saturated rings. The molecule has 0 saturated carbocycles. The molecule has 98 valence electrons. The molecule has 4 nitrogen and oxygen atoms in total. The zero-order valence-electron chi connectivity index (χ0n) is 11.2. The Balaban J connectivity index is 2.05. The third kappa shape index (κ3) is 1.66. The van der Waals surface area contributed by atoms with Gasteiger partial charge in [0.25, 0.3) is 0 Å². The number of amides is 1. The minimum Gasteiger partial charge on any atom is -0.325 e. The van der Waals surface area contributed by atoms with Crippen LogP contribution in [0.2, 0.25) is 0 Å². The van der Waals surface area contributed by atoms with Gasteiger partial charge in [0.2, 0.25) is 5.91 Å². The van der Waals surface area contributed by atoms with Crippen LogP contribution in [0.15, 0.2) is 35.6 Å². The van der Waals surface area contributed by atoms with E-state index >= 15 is 0 Å². The number of hydrogen-bond acceptors (Lipinski definition) is 3. The average molecular weight is 255 g/mol. The molecule has 3 atom stereocenters. The molecule has 3 aliphatic rings. The molecule has 2 heterocycles. The Bertz CT molecular complexity index is 566. The number of likely N-dealkylation sites (tertiary alicyclic amines) is 1. The predicted molar refractivity (Wildman–Crippen MR) is 71.7 cm³/mol. The Kier molecular flexibility index (Phi) is 2.61. The van der Waals surface area contributed by atoms with Gasteiger partial charge in [-0.25, -0.2) is 0 Å². The van der Waals surface area contributed by atoms with Crippen LogP contribution in [-0.2, 0) is 4.79 Å². The molecule has 0 aromatic heterocycles. The molecule has 1 saturated heterocycles. The van der Waals surface area contributed by atoms with Crippen molar-refractivity contribution in [3.63, 3.8) is 0 Å². The summed E-state index contributed by atoms with van der Waals surface area (Å²) < 4.78 is 0. The lowest BCUT2D eigenvalue weighted by molar-refractivity contribution is -0.126. The second-order valence-corrected chi connectivity index (χ2v) is 5.71. The van der Waals surface area contributed by atoms with Crippen LogP contribution < -0.4 is 5.32 Å². The molecule has 1 N–H and O–H groups in total. The number of hydrogen-bond donors (Lipinski definition) is 1. The summed E-state index contributed by atoms with van der Waals surface area (Å²) in [6.45, 7) is 2.73. The summed E-state index contributed by atoms with van der Waals surface area (Å²) in [7, 11) is 1.91. The van der Waals surface area contributed by atoms with Crippen LogP contribution in [0.5, 0.6) is 0 Å². The van der Waals surface area contributed by atoms with E-state index in [-0.39, 0.29) is 11.9 Å². The number of nitriles is 1. The Labute approximate surface area is 113 Å². The normalized spacial score (nSPS) is 37.4. The maximum Gasteiger partial charge on any atom is 0.236 e. The van der Waals surface area contributed by atoms with Gasteiger partial charge < -0.3 is 5.32 Å². The first kappa shape index (κ1) is 12.2. The van der Waals surface area contributed by atoms with E-state index in [1.807, 2.05) is 18.0 Å². The minimum absolute atomic E-state index is 0.0333. The van der Waals surface area contributed by atoms with E-state index in [2.05, 4.69) is 36.5 Å². The van der Waals surface area contributed by atoms with Crippen LogP contribution in [0, 0.1) is 22.7 Å². The molecule has 4 heteroatoms. The molecule has 0 radical (unpaired) electrons. The molecule has 2 aliphatic heterocycles. The highest BCUT2D eigenvalue weighted by Gasteiger charge is 2.54. The van der Waals surface area contributed by atoms with Crippen molar-refractivity contribution in [2.75, 3.05) is 13.6 Å². The summed E-state index contributed by atoms with van der Waals surface area (Å²) in [5.41, 5.74) is 1.40. The number of allylic oxidation sites excluding steroid dienone is 4. The second-order valence-electron chi connectivity index (χ2n) is 5.71. The van der Waals surface area contributed by atoms with E-state index in [4.69, 9.17) is 0 Å². The van der Waals surface area contributed by atoms with Crippen LogP contribution in [0.3, 0.4) is 0 Å². The monoisotopic (exact) mass is 255 g/mol. The van der Waals surface area contributed by atoms with Gasteiger partial charge in [-0.3, -0.25) is 9.69 Å². The highest BCUT2D eigenvalue weighted by molar-refractivity contribution is 5.93. The van der Waals surface area contributed by atoms with Gasteiger partial charge in [-0.1, -0.05) is 25.2 Å². The van der Waals surface area contributed by atoms with Crippen molar-refractivity contribution in [2.45, 2.75) is 19.4 Å². The van der Waals surface area contributed by atoms with E-state index in [0.29, 0.717) is 18.9 Å². The number of rotatable bonds is 0. The fourth-order valence-corrected chi connectivity index (χ4v) is 3.22. The zero-order chi connectivity index (χ0) is 13.6. The predicted octanol–water partition coefficient (Wildman–Crippen LogP) is 1.35. The Hall–Kier alpha value is -1.86. The molecular weight excluding hydrogens is 238 g/mol. The zero-order valence-corrected chi connectivity index (χ0v) is 11.2. The van der Waals surface area contributed by atoms with E-state index in [1.54, 1.807) is 0 Å². The average Bonchev–Trinajstić information content (AvgIpc) is 2.76. The van der Waals surface area contributed by atoms with E-state index in [0.717, 1.165) is 11.3 Å². The van der Waals surface area contributed by atoms with Crippen LogP contribution in [0.1, 0.15) is 13.3 Å². The third-order valence-corrected chi connectivity index (χ3v) is 4.36. The molecule has 19 heavy (non-hydrogen) atoms. The number of nitrogens with zero attached hydrogens (tertiary/aromatic N) is 2. The number of nitrogens with one attached hydrogen (secondary N) is 1. The minimum atomic E-state index is -0.546. The molecule has 0 bridgehead atoms. The molecule has 0 aromatic carbocycles. The summed E-state index contributed by atoms with van der Waals surface area (Å²) in [5, 5.41) is 12.2. The summed E-state index contributed by atoms with van der Waals surface area (Å²) in [5.74, 6) is 0.399. The summed E-state index contributed by atoms with van der Waals surface area (Å²) in [6, 6.07) is 2.10. The largest absolute Gasteiger partial charge is 0.325 e. The lowest BCUT2D eigenvalue weighted by Gasteiger charge is -2.22. The smallest absolute Gasteiger partial charge is 0.236 e. The Morgan fingerprint density at radius 3 is 2.89 bits per heavy atom. The third-order valence-electron chi connectivity index (χ3n) is 4.36. The summed E-state index contributed by atoms with van der Waals surface area (Å²) in [6.07, 6.45) is 8.83. The lowest BCUT2D eigenvalue weighted by atomic mass is 9.78. The summed E-state index contributed by atoms with van der Waals surface area (Å²) >= 11 is 0. The molecule has 0 aromatic rings. The number of carbonyl (C=O) groups excluding carboxylic acids is 1. The Morgan fingerprint density at radius 2 is 2.21 bits per heavy atom. The van der Waals surface area contributed by atoms with Gasteiger partial charge in [0, 0.05) is 12.2 Å². The fourth-order valence-electron chi connectivity index (χ4n) is 3.22. The van der Waals surface area contributed by atoms with Gasteiger partial charge in [-0.05, 0) is 31.0 Å². The van der Waals surface area contributed by atoms with Crippen molar-refractivity contribution in [3.8, 4) is 6.07 Å². The lowest BCUT2D eigenvalue weighted by Crippen LogP contribution is -2.36. The van der Waals surface area contributed by atoms with E-state index in [9.17, 15) is 10.1 Å². The van der Waals surface area contributed by atoms with Crippen molar-refractivity contribution < 1.29 is 4.79 Å². The van der Waals surface area contributed by atoms with Crippen molar-refractivity contribution in [3.05, 3.63) is 35.6 Å². The highest BCUT2D eigenvalue weighted by Crippen LogP contribution is 2.46. The van der Waals surface area contributed by atoms with Crippen LogP contribution in [-0.4, -0.2) is 30.4 Å². The molecule has 3 rings (SSSR count). The van der Waals surface area contributed by atoms with Gasteiger partial charge in [0.05, 0.1) is 17.5 Å². The maximum atomic E-state index is 12.4. The Morgan fingerprint density at radius 1 is 1.47 bits per heavy atom. The molecular formula is C15H17N3O. The maximum absolute atomic E-state index is 12.4. The number of fused-ring (bicyclic) bond motifs is 1. The highest BCUT2D eigenvalue weighted by atomic mass is 16.2.